The predicted octanol–water partition coefficient (Wildman–Crippen LogP) is 7.41. The number of amidine groups is 1. The van der Waals surface area contributed by atoms with Gasteiger partial charge < -0.3 is 10.0 Å². The maximum Gasteiger partial charge on any atom is 0.170 e. The van der Waals surface area contributed by atoms with Crippen LogP contribution in [-0.4, -0.2) is 34.1 Å². The zero-order valence-corrected chi connectivity index (χ0v) is 19.5. The monoisotopic (exact) mass is 444 g/mol. The lowest BCUT2D eigenvalue weighted by molar-refractivity contribution is 0.0524. The topological polar surface area (TPSA) is 35.8 Å². The minimum absolute atomic E-state index is 0.359. The number of aliphatic imine (C=N–C) groups is 1. The van der Waals surface area contributed by atoms with E-state index in [0.29, 0.717) is 0 Å². The van der Waals surface area contributed by atoms with Crippen molar-refractivity contribution in [2.24, 2.45) is 4.99 Å². The molecule has 0 radical (unpaired) electrons. The molecule has 0 aliphatic carbocycles. The van der Waals surface area contributed by atoms with Crippen LogP contribution in [0.15, 0.2) is 4.99 Å². The van der Waals surface area contributed by atoms with Gasteiger partial charge in [0.1, 0.15) is 6.23 Å². The number of halogens is 1. The van der Waals surface area contributed by atoms with Gasteiger partial charge in [0, 0.05) is 6.54 Å². The first-order valence-corrected chi connectivity index (χ1v) is 12.7. The highest BCUT2D eigenvalue weighted by atomic mass is 79.9. The molecular weight excluding hydrogens is 400 g/mol. The minimum Gasteiger partial charge on any atom is -0.374 e. The lowest BCUT2D eigenvalue weighted by Crippen LogP contribution is -2.35. The summed E-state index contributed by atoms with van der Waals surface area (Å²) < 4.78 is 0.821. The van der Waals surface area contributed by atoms with Gasteiger partial charge in [0.05, 0.1) is 6.54 Å². The van der Waals surface area contributed by atoms with E-state index in [9.17, 15) is 5.11 Å². The number of rotatable bonds is 19. The van der Waals surface area contributed by atoms with Crippen molar-refractivity contribution in [1.29, 1.82) is 0 Å². The molecule has 0 saturated carbocycles. The standard InChI is InChI=1S/C23H45BrN2O/c1-2-3-4-5-6-7-8-9-10-11-12-13-14-15-16-17-18-19-22(27)26-21-20-25-23(26)24/h22,27H,2-21H2,1H3. The van der Waals surface area contributed by atoms with Gasteiger partial charge in [-0.3, -0.25) is 4.99 Å². The third-order valence-corrected chi connectivity index (χ3v) is 6.45. The average molecular weight is 446 g/mol. The van der Waals surface area contributed by atoms with E-state index in [1.807, 2.05) is 4.90 Å². The Morgan fingerprint density at radius 3 is 1.56 bits per heavy atom. The molecule has 0 aromatic carbocycles. The van der Waals surface area contributed by atoms with Crippen molar-refractivity contribution in [2.75, 3.05) is 13.1 Å². The van der Waals surface area contributed by atoms with Gasteiger partial charge in [0.25, 0.3) is 0 Å². The van der Waals surface area contributed by atoms with Crippen LogP contribution in [0.4, 0.5) is 0 Å². The lowest BCUT2D eigenvalue weighted by Gasteiger charge is -2.23. The summed E-state index contributed by atoms with van der Waals surface area (Å²) in [4.78, 5) is 6.23. The van der Waals surface area contributed by atoms with E-state index >= 15 is 0 Å². The van der Waals surface area contributed by atoms with E-state index in [4.69, 9.17) is 0 Å². The zero-order valence-electron chi connectivity index (χ0n) is 17.9. The second-order valence-corrected chi connectivity index (χ2v) is 8.98. The Morgan fingerprint density at radius 2 is 1.19 bits per heavy atom. The molecule has 0 fully saturated rings. The summed E-state index contributed by atoms with van der Waals surface area (Å²) in [6.45, 7) is 3.94. The smallest absolute Gasteiger partial charge is 0.170 e. The number of hydrogen-bond acceptors (Lipinski definition) is 3. The number of hydrogen-bond donors (Lipinski definition) is 1. The molecule has 0 aromatic rings. The molecule has 1 unspecified atom stereocenters. The molecule has 27 heavy (non-hydrogen) atoms. The van der Waals surface area contributed by atoms with Crippen molar-refractivity contribution in [3.63, 3.8) is 0 Å². The first kappa shape index (κ1) is 24.9. The number of aliphatic hydroxyl groups is 1. The van der Waals surface area contributed by atoms with Gasteiger partial charge in [-0.2, -0.15) is 0 Å². The molecule has 0 spiro atoms. The summed E-state index contributed by atoms with van der Waals surface area (Å²) in [5.41, 5.74) is 0. The molecule has 0 bridgehead atoms. The molecule has 0 amide bonds. The van der Waals surface area contributed by atoms with E-state index in [2.05, 4.69) is 27.8 Å². The Kier molecular flexibility index (Phi) is 16.6. The van der Waals surface area contributed by atoms with Gasteiger partial charge in [-0.15, -0.1) is 0 Å². The van der Waals surface area contributed by atoms with Gasteiger partial charge in [-0.1, -0.05) is 110 Å². The van der Waals surface area contributed by atoms with Crippen molar-refractivity contribution in [3.05, 3.63) is 0 Å². The lowest BCUT2D eigenvalue weighted by atomic mass is 10.0. The van der Waals surface area contributed by atoms with Crippen molar-refractivity contribution < 1.29 is 5.11 Å². The molecule has 1 rings (SSSR count). The van der Waals surface area contributed by atoms with Gasteiger partial charge in [-0.25, -0.2) is 0 Å². The summed E-state index contributed by atoms with van der Waals surface area (Å²) in [5, 5.41) is 10.2. The highest BCUT2D eigenvalue weighted by Crippen LogP contribution is 2.17. The highest BCUT2D eigenvalue weighted by Gasteiger charge is 2.20. The van der Waals surface area contributed by atoms with Crippen LogP contribution in [0.3, 0.4) is 0 Å². The molecule has 0 saturated heterocycles. The Labute approximate surface area is 177 Å². The Hall–Kier alpha value is -0.0900. The van der Waals surface area contributed by atoms with Crippen LogP contribution in [0.1, 0.15) is 122 Å². The zero-order chi connectivity index (χ0) is 19.6. The van der Waals surface area contributed by atoms with Crippen molar-refractivity contribution in [2.45, 2.75) is 129 Å². The van der Waals surface area contributed by atoms with E-state index in [1.165, 1.54) is 103 Å². The van der Waals surface area contributed by atoms with E-state index in [-0.39, 0.29) is 6.23 Å². The van der Waals surface area contributed by atoms with Crippen LogP contribution in [0.2, 0.25) is 0 Å². The summed E-state index contributed by atoms with van der Waals surface area (Å²) in [5.74, 6) is 0. The fraction of sp³-hybridized carbons (Fsp3) is 0.957. The third-order valence-electron chi connectivity index (χ3n) is 5.75. The normalized spacial score (nSPS) is 15.4. The van der Waals surface area contributed by atoms with Crippen LogP contribution in [0, 0.1) is 0 Å². The van der Waals surface area contributed by atoms with Gasteiger partial charge >= 0.3 is 0 Å². The number of unbranched alkanes of at least 4 members (excludes halogenated alkanes) is 16. The summed E-state index contributed by atoms with van der Waals surface area (Å²) in [6, 6.07) is 0. The summed E-state index contributed by atoms with van der Waals surface area (Å²) in [6.07, 6.45) is 24.2. The molecular formula is C23H45BrN2O. The molecule has 160 valence electrons. The molecule has 1 N–H and O–H groups in total. The van der Waals surface area contributed by atoms with E-state index < -0.39 is 0 Å². The quantitative estimate of drug-likeness (QED) is 0.166. The first-order chi connectivity index (χ1) is 13.3. The first-order valence-electron chi connectivity index (χ1n) is 11.9. The molecule has 3 nitrogen and oxygen atoms in total. The van der Waals surface area contributed by atoms with Crippen molar-refractivity contribution in [3.8, 4) is 0 Å². The number of aliphatic hydroxyl groups excluding tert-OH is 1. The van der Waals surface area contributed by atoms with E-state index in [1.54, 1.807) is 0 Å². The molecule has 0 aromatic heterocycles. The minimum atomic E-state index is -0.359. The van der Waals surface area contributed by atoms with Gasteiger partial charge in [-0.05, 0) is 28.8 Å². The molecule has 1 aliphatic heterocycles. The van der Waals surface area contributed by atoms with Crippen LogP contribution < -0.4 is 0 Å². The molecule has 1 atom stereocenters. The highest BCUT2D eigenvalue weighted by molar-refractivity contribution is 9.18. The van der Waals surface area contributed by atoms with Crippen LogP contribution >= 0.6 is 15.9 Å². The fourth-order valence-electron chi connectivity index (χ4n) is 3.91. The summed E-state index contributed by atoms with van der Waals surface area (Å²) >= 11 is 3.41. The average Bonchev–Trinajstić information content (AvgIpc) is 3.10. The van der Waals surface area contributed by atoms with Crippen LogP contribution in [0.5, 0.6) is 0 Å². The number of nitrogens with zero attached hydrogens (tertiary/aromatic N) is 2. The maximum atomic E-state index is 10.2. The van der Waals surface area contributed by atoms with Crippen LogP contribution in [0.25, 0.3) is 0 Å². The molecule has 1 heterocycles. The largest absolute Gasteiger partial charge is 0.374 e. The van der Waals surface area contributed by atoms with Gasteiger partial charge in [0.15, 0.2) is 4.74 Å². The summed E-state index contributed by atoms with van der Waals surface area (Å²) in [7, 11) is 0. The molecule has 1 aliphatic rings. The Bertz CT molecular complexity index is 362. The fourth-order valence-corrected chi connectivity index (χ4v) is 4.50. The third kappa shape index (κ3) is 13.7. The second kappa shape index (κ2) is 18.0. The Balaban J connectivity index is 1.73. The van der Waals surface area contributed by atoms with Crippen molar-refractivity contribution >= 4 is 20.7 Å². The molecule has 4 heteroatoms. The predicted molar refractivity (Wildman–Crippen MR) is 123 cm³/mol. The Morgan fingerprint density at radius 1 is 0.778 bits per heavy atom. The van der Waals surface area contributed by atoms with E-state index in [0.717, 1.165) is 30.7 Å². The SMILES string of the molecule is CCCCCCCCCCCCCCCCCCCC(O)N1CCN=C1Br. The second-order valence-electron chi connectivity index (χ2n) is 8.27. The van der Waals surface area contributed by atoms with Gasteiger partial charge in [0.2, 0.25) is 0 Å². The maximum absolute atomic E-state index is 10.2. The van der Waals surface area contributed by atoms with Crippen molar-refractivity contribution in [1.82, 2.24) is 4.90 Å². The van der Waals surface area contributed by atoms with Crippen LogP contribution in [-0.2, 0) is 0 Å².